The maximum atomic E-state index is 13.1. The molecule has 5 N–H and O–H groups in total. The van der Waals surface area contributed by atoms with Gasteiger partial charge in [-0.05, 0) is 63.3 Å². The van der Waals surface area contributed by atoms with E-state index in [1.807, 2.05) is 73.9 Å². The number of hydrogen-bond acceptors (Lipinski definition) is 4. The molecule has 0 fully saturated rings. The lowest BCUT2D eigenvalue weighted by Crippen LogP contribution is -2.49. The van der Waals surface area contributed by atoms with Crippen molar-refractivity contribution in [2.24, 2.45) is 5.92 Å². The zero-order chi connectivity index (χ0) is 30.8. The summed E-state index contributed by atoms with van der Waals surface area (Å²) in [6.45, 7) is 8.26. The average Bonchev–Trinajstić information content (AvgIpc) is 3.57. The van der Waals surface area contributed by atoms with Crippen molar-refractivity contribution < 1.29 is 19.1 Å². The normalized spacial score (nSPS) is 13.2. The third-order valence-corrected chi connectivity index (χ3v) is 7.14. The van der Waals surface area contributed by atoms with Crippen LogP contribution in [0.2, 0.25) is 0 Å². The molecule has 0 aliphatic heterocycles. The van der Waals surface area contributed by atoms with Gasteiger partial charge < -0.3 is 30.7 Å². The maximum absolute atomic E-state index is 13.1. The minimum atomic E-state index is -0.792. The fourth-order valence-corrected chi connectivity index (χ4v) is 4.99. The number of fused-ring (bicyclic) bond motifs is 2. The van der Waals surface area contributed by atoms with Crippen LogP contribution in [0.25, 0.3) is 21.8 Å². The first-order valence-corrected chi connectivity index (χ1v) is 14.9. The minimum absolute atomic E-state index is 0.0321. The molecule has 4 rings (SSSR count). The van der Waals surface area contributed by atoms with Gasteiger partial charge in [-0.2, -0.15) is 0 Å². The van der Waals surface area contributed by atoms with Gasteiger partial charge in [-0.1, -0.05) is 55.5 Å². The highest BCUT2D eigenvalue weighted by molar-refractivity contribution is 5.88. The molecular weight excluding hydrogens is 542 g/mol. The molecule has 9 nitrogen and oxygen atoms in total. The Hall–Kier alpha value is -4.53. The second kappa shape index (κ2) is 14.6. The van der Waals surface area contributed by atoms with Crippen molar-refractivity contribution in [1.29, 1.82) is 0 Å². The lowest BCUT2D eigenvalue weighted by molar-refractivity contribution is -0.124. The Bertz CT molecular complexity index is 1560. The number of carbonyl (C=O) groups is 3. The Morgan fingerprint density at radius 3 is 1.86 bits per heavy atom. The summed E-state index contributed by atoms with van der Waals surface area (Å²) in [5, 5.41) is 10.8. The van der Waals surface area contributed by atoms with E-state index >= 15 is 0 Å². The second-order valence-corrected chi connectivity index (χ2v) is 11.9. The topological polar surface area (TPSA) is 128 Å². The third-order valence-electron chi connectivity index (χ3n) is 7.14. The van der Waals surface area contributed by atoms with E-state index in [0.717, 1.165) is 32.9 Å². The van der Waals surface area contributed by atoms with Crippen LogP contribution in [0.4, 0.5) is 4.79 Å². The van der Waals surface area contributed by atoms with Crippen molar-refractivity contribution in [2.45, 2.75) is 65.0 Å². The summed E-state index contributed by atoms with van der Waals surface area (Å²) in [6.07, 6.45) is 9.52. The summed E-state index contributed by atoms with van der Waals surface area (Å²) in [6, 6.07) is 15.2. The molecule has 0 unspecified atom stereocenters. The van der Waals surface area contributed by atoms with E-state index in [9.17, 15) is 14.4 Å². The number of hydrogen-bond donors (Lipinski definition) is 5. The van der Waals surface area contributed by atoms with Crippen molar-refractivity contribution >= 4 is 39.7 Å². The Labute approximate surface area is 252 Å². The highest BCUT2D eigenvalue weighted by Crippen LogP contribution is 2.21. The van der Waals surface area contributed by atoms with Gasteiger partial charge in [0.2, 0.25) is 11.8 Å². The van der Waals surface area contributed by atoms with Gasteiger partial charge in [0, 0.05) is 59.6 Å². The molecule has 0 aliphatic rings. The summed E-state index contributed by atoms with van der Waals surface area (Å²) in [4.78, 5) is 44.7. The van der Waals surface area contributed by atoms with Gasteiger partial charge in [0.25, 0.3) is 0 Å². The first-order valence-electron chi connectivity index (χ1n) is 14.9. The van der Waals surface area contributed by atoms with Crippen LogP contribution in [0.3, 0.4) is 0 Å². The quantitative estimate of drug-likeness (QED) is 0.104. The van der Waals surface area contributed by atoms with E-state index < -0.39 is 17.7 Å². The molecule has 0 radical (unpaired) electrons. The number of para-hydroxylation sites is 2. The Morgan fingerprint density at radius 1 is 0.791 bits per heavy atom. The number of amides is 3. The van der Waals surface area contributed by atoms with E-state index in [0.29, 0.717) is 38.8 Å². The van der Waals surface area contributed by atoms with Crippen molar-refractivity contribution in [3.05, 3.63) is 84.2 Å². The number of rotatable bonds is 13. The summed E-state index contributed by atoms with van der Waals surface area (Å²) in [5.74, 6) is -0.379. The van der Waals surface area contributed by atoms with Crippen LogP contribution in [0.15, 0.2) is 73.1 Å². The number of carbonyl (C=O) groups excluding carboxylic acids is 3. The maximum Gasteiger partial charge on any atom is 0.408 e. The molecule has 2 aromatic carbocycles. The number of nitrogens with one attached hydrogen (secondary N) is 5. The molecule has 3 amide bonds. The van der Waals surface area contributed by atoms with Gasteiger partial charge in [-0.15, -0.1) is 0 Å². The molecule has 2 aromatic heterocycles. The number of ether oxygens (including phenoxy) is 1. The standard InChI is InChI=1S/C34H43N5O4/c1-23(19-24-21-37-28-15-9-7-13-26(24)28)31(40)35-17-11-5-6-12-18-36-32(41)30(39-33(42)43-34(2,3)4)20-25-22-38-29-16-10-8-14-27(25)29/h5-10,13-16,21-23,30,37-38H,11-12,17-20H2,1-4H3,(H,35,40)(H,36,41)(H,39,42)/b6-5-/t23-,30-/m0/s1. The van der Waals surface area contributed by atoms with Crippen LogP contribution >= 0.6 is 0 Å². The molecule has 2 atom stereocenters. The second-order valence-electron chi connectivity index (χ2n) is 11.9. The van der Waals surface area contributed by atoms with E-state index in [1.54, 1.807) is 20.8 Å². The minimum Gasteiger partial charge on any atom is -0.444 e. The Kier molecular flexibility index (Phi) is 10.6. The van der Waals surface area contributed by atoms with Gasteiger partial charge >= 0.3 is 6.09 Å². The smallest absolute Gasteiger partial charge is 0.408 e. The van der Waals surface area contributed by atoms with Crippen molar-refractivity contribution in [1.82, 2.24) is 25.9 Å². The van der Waals surface area contributed by atoms with Crippen LogP contribution in [-0.4, -0.2) is 52.6 Å². The Morgan fingerprint density at radius 2 is 1.30 bits per heavy atom. The predicted molar refractivity (Wildman–Crippen MR) is 171 cm³/mol. The summed E-state index contributed by atoms with van der Waals surface area (Å²) >= 11 is 0. The molecule has 0 saturated heterocycles. The monoisotopic (exact) mass is 585 g/mol. The Balaban J connectivity index is 1.19. The van der Waals surface area contributed by atoms with Crippen molar-refractivity contribution in [2.75, 3.05) is 13.1 Å². The lowest BCUT2D eigenvalue weighted by atomic mass is 10.00. The molecule has 0 aliphatic carbocycles. The van der Waals surface area contributed by atoms with Crippen LogP contribution in [0.1, 0.15) is 51.7 Å². The number of H-pyrrole nitrogens is 2. The summed E-state index contributed by atoms with van der Waals surface area (Å²) < 4.78 is 5.40. The summed E-state index contributed by atoms with van der Waals surface area (Å²) in [7, 11) is 0. The van der Waals surface area contributed by atoms with Crippen LogP contribution in [0, 0.1) is 5.92 Å². The third kappa shape index (κ3) is 9.23. The fourth-order valence-electron chi connectivity index (χ4n) is 4.99. The number of alkyl carbamates (subject to hydrolysis) is 1. The SMILES string of the molecule is C[C@@H](Cc1c[nH]c2ccccc12)C(=O)NCC/C=C\CCNC(=O)[C@H](Cc1c[nH]c2ccccc12)NC(=O)OC(C)(C)C. The van der Waals surface area contributed by atoms with Crippen LogP contribution < -0.4 is 16.0 Å². The fraction of sp³-hybridized carbons (Fsp3) is 0.382. The zero-order valence-electron chi connectivity index (χ0n) is 25.5. The lowest BCUT2D eigenvalue weighted by Gasteiger charge is -2.23. The summed E-state index contributed by atoms with van der Waals surface area (Å²) in [5.41, 5.74) is 3.45. The van der Waals surface area contributed by atoms with E-state index in [2.05, 4.69) is 32.0 Å². The van der Waals surface area contributed by atoms with Crippen molar-refractivity contribution in [3.8, 4) is 0 Å². The predicted octanol–water partition coefficient (Wildman–Crippen LogP) is 5.53. The largest absolute Gasteiger partial charge is 0.444 e. The van der Waals surface area contributed by atoms with E-state index in [4.69, 9.17) is 4.74 Å². The van der Waals surface area contributed by atoms with E-state index in [1.165, 1.54) is 0 Å². The van der Waals surface area contributed by atoms with Crippen LogP contribution in [0.5, 0.6) is 0 Å². The van der Waals surface area contributed by atoms with Crippen molar-refractivity contribution in [3.63, 3.8) is 0 Å². The highest BCUT2D eigenvalue weighted by Gasteiger charge is 2.25. The molecule has 4 aromatic rings. The zero-order valence-corrected chi connectivity index (χ0v) is 25.5. The molecule has 0 bridgehead atoms. The van der Waals surface area contributed by atoms with Gasteiger partial charge in [-0.3, -0.25) is 9.59 Å². The molecule has 2 heterocycles. The average molecular weight is 586 g/mol. The van der Waals surface area contributed by atoms with Gasteiger partial charge in [0.05, 0.1) is 0 Å². The molecule has 9 heteroatoms. The molecule has 228 valence electrons. The first kappa shape index (κ1) is 31.4. The van der Waals surface area contributed by atoms with Crippen LogP contribution in [-0.2, 0) is 27.2 Å². The molecule has 0 spiro atoms. The molecular formula is C34H43N5O4. The number of aromatic amines is 2. The molecule has 0 saturated carbocycles. The first-order chi connectivity index (χ1) is 20.6. The van der Waals surface area contributed by atoms with E-state index in [-0.39, 0.29) is 17.7 Å². The van der Waals surface area contributed by atoms with Gasteiger partial charge in [-0.25, -0.2) is 4.79 Å². The number of benzene rings is 2. The molecule has 43 heavy (non-hydrogen) atoms. The highest BCUT2D eigenvalue weighted by atomic mass is 16.6. The van der Waals surface area contributed by atoms with Gasteiger partial charge in [0.1, 0.15) is 11.6 Å². The van der Waals surface area contributed by atoms with Gasteiger partial charge in [0.15, 0.2) is 0 Å². The number of aromatic nitrogens is 2.